The molecule has 29 heavy (non-hydrogen) atoms. The predicted molar refractivity (Wildman–Crippen MR) is 102 cm³/mol. The van der Waals surface area contributed by atoms with Gasteiger partial charge >= 0.3 is 12.1 Å². The number of carboxylic acid groups (broad SMARTS) is 1. The second-order valence-electron chi connectivity index (χ2n) is 7.06. The number of ether oxygens (including phenoxy) is 1. The molecule has 1 aromatic carbocycles. The molecular formula is C19H24N4O6. The van der Waals surface area contributed by atoms with Gasteiger partial charge in [-0.05, 0) is 24.1 Å². The van der Waals surface area contributed by atoms with E-state index in [0.717, 1.165) is 11.3 Å². The van der Waals surface area contributed by atoms with E-state index in [1.165, 1.54) is 16.9 Å². The second-order valence-corrected chi connectivity index (χ2v) is 7.06. The lowest BCUT2D eigenvalue weighted by Gasteiger charge is -2.34. The number of fused-ring (bicyclic) bond motifs is 1. The number of amides is 3. The average Bonchev–Trinajstić information content (AvgIpc) is 3.03. The first-order chi connectivity index (χ1) is 13.8. The van der Waals surface area contributed by atoms with Gasteiger partial charge in [0, 0.05) is 50.4 Å². The highest BCUT2D eigenvalue weighted by Gasteiger charge is 2.36. The van der Waals surface area contributed by atoms with Crippen molar-refractivity contribution in [3.63, 3.8) is 0 Å². The number of benzene rings is 1. The van der Waals surface area contributed by atoms with Gasteiger partial charge in [-0.3, -0.25) is 14.4 Å². The van der Waals surface area contributed by atoms with Gasteiger partial charge in [0.25, 0.3) is 5.91 Å². The van der Waals surface area contributed by atoms with Crippen LogP contribution in [-0.4, -0.2) is 78.1 Å². The molecular weight excluding hydrogens is 380 g/mol. The van der Waals surface area contributed by atoms with Crippen LogP contribution >= 0.6 is 0 Å². The Morgan fingerprint density at radius 1 is 1.21 bits per heavy atom. The van der Waals surface area contributed by atoms with E-state index in [1.54, 1.807) is 6.07 Å². The zero-order valence-corrected chi connectivity index (χ0v) is 16.2. The Morgan fingerprint density at radius 2 is 1.90 bits per heavy atom. The molecule has 10 heteroatoms. The highest BCUT2D eigenvalue weighted by atomic mass is 16.5. The topological polar surface area (TPSA) is 133 Å². The van der Waals surface area contributed by atoms with Crippen LogP contribution in [0.25, 0.3) is 0 Å². The molecule has 3 N–H and O–H groups in total. The molecule has 0 unspecified atom stereocenters. The monoisotopic (exact) mass is 404 g/mol. The van der Waals surface area contributed by atoms with Crippen LogP contribution in [0.2, 0.25) is 0 Å². The molecule has 1 atom stereocenters. The molecule has 2 aliphatic rings. The van der Waals surface area contributed by atoms with Crippen molar-refractivity contribution in [2.75, 3.05) is 38.2 Å². The fourth-order valence-electron chi connectivity index (χ4n) is 3.72. The van der Waals surface area contributed by atoms with Gasteiger partial charge in [-0.2, -0.15) is 0 Å². The summed E-state index contributed by atoms with van der Waals surface area (Å²) in [6.07, 6.45) is -0.844. The zero-order chi connectivity index (χ0) is 21.1. The van der Waals surface area contributed by atoms with E-state index < -0.39 is 24.0 Å². The maximum absolute atomic E-state index is 12.9. The lowest BCUT2D eigenvalue weighted by molar-refractivity contribution is -0.141. The molecule has 10 nitrogen and oxygen atoms in total. The summed E-state index contributed by atoms with van der Waals surface area (Å²) in [5, 5.41) is 9.07. The third kappa shape index (κ3) is 4.25. The van der Waals surface area contributed by atoms with Crippen molar-refractivity contribution in [3.05, 3.63) is 29.3 Å². The largest absolute Gasteiger partial charge is 0.469 e. The normalized spacial score (nSPS) is 17.1. The van der Waals surface area contributed by atoms with E-state index >= 15 is 0 Å². The summed E-state index contributed by atoms with van der Waals surface area (Å²) in [5.74, 6) is -1.44. The number of methoxy groups -OCH3 is 1. The van der Waals surface area contributed by atoms with E-state index in [1.807, 2.05) is 17.0 Å². The van der Waals surface area contributed by atoms with Crippen LogP contribution in [0, 0.1) is 0 Å². The zero-order valence-electron chi connectivity index (χ0n) is 16.2. The number of carbonyl (C=O) groups is 4. The molecule has 0 radical (unpaired) electrons. The molecule has 2 aliphatic heterocycles. The van der Waals surface area contributed by atoms with Crippen LogP contribution in [-0.2, 0) is 20.9 Å². The van der Waals surface area contributed by atoms with Crippen molar-refractivity contribution in [2.24, 2.45) is 5.73 Å². The van der Waals surface area contributed by atoms with Crippen LogP contribution in [0.3, 0.4) is 0 Å². The molecule has 3 rings (SSSR count). The number of piperazine rings is 1. The molecule has 0 bridgehead atoms. The maximum Gasteiger partial charge on any atom is 0.407 e. The summed E-state index contributed by atoms with van der Waals surface area (Å²) in [6.45, 7) is 2.10. The molecule has 0 spiro atoms. The van der Waals surface area contributed by atoms with Gasteiger partial charge in [0.2, 0.25) is 5.91 Å². The SMILES string of the molecule is COC(=O)CC[C@@H](C(N)=O)N1Cc2ccc(N3CCN(C(=O)O)CC3)cc2C1=O. The first-order valence-corrected chi connectivity index (χ1v) is 9.34. The Kier molecular flexibility index (Phi) is 5.90. The predicted octanol–water partition coefficient (Wildman–Crippen LogP) is 0.250. The molecule has 1 fully saturated rings. The van der Waals surface area contributed by atoms with Crippen molar-refractivity contribution in [1.82, 2.24) is 9.80 Å². The molecule has 1 saturated heterocycles. The van der Waals surface area contributed by atoms with E-state index in [2.05, 4.69) is 4.74 Å². The molecule has 0 aromatic heterocycles. The van der Waals surface area contributed by atoms with Crippen molar-refractivity contribution < 1.29 is 29.0 Å². The standard InChI is InChI=1S/C19H24N4O6/c1-29-16(24)5-4-15(17(20)25)23-11-12-2-3-13(10-14(12)18(23)26)21-6-8-22(9-7-21)19(27)28/h2-3,10,15H,4-9,11H2,1H3,(H2,20,25)(H,27,28)/t15-/m0/s1. The summed E-state index contributed by atoms with van der Waals surface area (Å²) in [6, 6.07) is 4.60. The molecule has 1 aromatic rings. The van der Waals surface area contributed by atoms with Crippen LogP contribution in [0.4, 0.5) is 10.5 Å². The quantitative estimate of drug-likeness (QED) is 0.649. The van der Waals surface area contributed by atoms with Gasteiger partial charge < -0.3 is 30.3 Å². The van der Waals surface area contributed by atoms with Crippen LogP contribution < -0.4 is 10.6 Å². The number of primary amides is 1. The summed E-state index contributed by atoms with van der Waals surface area (Å²) in [7, 11) is 1.26. The number of anilines is 1. The van der Waals surface area contributed by atoms with E-state index in [-0.39, 0.29) is 25.3 Å². The van der Waals surface area contributed by atoms with Crippen LogP contribution in [0.1, 0.15) is 28.8 Å². The van der Waals surface area contributed by atoms with Gasteiger partial charge in [0.05, 0.1) is 7.11 Å². The smallest absolute Gasteiger partial charge is 0.407 e. The van der Waals surface area contributed by atoms with E-state index in [0.29, 0.717) is 31.7 Å². The number of hydrogen-bond donors (Lipinski definition) is 2. The summed E-state index contributed by atoms with van der Waals surface area (Å²) >= 11 is 0. The Morgan fingerprint density at radius 3 is 2.48 bits per heavy atom. The Labute approximate surface area is 167 Å². The molecule has 2 heterocycles. The molecule has 156 valence electrons. The first kappa shape index (κ1) is 20.4. The van der Waals surface area contributed by atoms with Crippen LogP contribution in [0.15, 0.2) is 18.2 Å². The molecule has 0 saturated carbocycles. The average molecular weight is 404 g/mol. The second kappa shape index (κ2) is 8.38. The summed E-state index contributed by atoms with van der Waals surface area (Å²) in [5.41, 5.74) is 7.59. The number of rotatable bonds is 6. The van der Waals surface area contributed by atoms with E-state index in [4.69, 9.17) is 10.8 Å². The number of carbonyl (C=O) groups excluding carboxylic acids is 3. The summed E-state index contributed by atoms with van der Waals surface area (Å²) in [4.78, 5) is 52.1. The highest BCUT2D eigenvalue weighted by Crippen LogP contribution is 2.30. The summed E-state index contributed by atoms with van der Waals surface area (Å²) < 4.78 is 4.60. The van der Waals surface area contributed by atoms with Gasteiger partial charge in [0.15, 0.2) is 0 Å². The van der Waals surface area contributed by atoms with Crippen molar-refractivity contribution >= 4 is 29.6 Å². The number of esters is 1. The minimum atomic E-state index is -0.936. The number of nitrogens with zero attached hydrogens (tertiary/aromatic N) is 3. The molecule has 0 aliphatic carbocycles. The van der Waals surface area contributed by atoms with Gasteiger partial charge in [-0.15, -0.1) is 0 Å². The van der Waals surface area contributed by atoms with Crippen LogP contribution in [0.5, 0.6) is 0 Å². The lowest BCUT2D eigenvalue weighted by Crippen LogP contribution is -2.48. The maximum atomic E-state index is 12.9. The van der Waals surface area contributed by atoms with Crippen molar-refractivity contribution in [1.29, 1.82) is 0 Å². The van der Waals surface area contributed by atoms with Crippen molar-refractivity contribution in [3.8, 4) is 0 Å². The third-order valence-electron chi connectivity index (χ3n) is 5.39. The highest BCUT2D eigenvalue weighted by molar-refractivity contribution is 6.01. The Balaban J connectivity index is 1.73. The van der Waals surface area contributed by atoms with Crippen molar-refractivity contribution in [2.45, 2.75) is 25.4 Å². The Hall–Kier alpha value is -3.30. The fraction of sp³-hybridized carbons (Fsp3) is 0.474. The first-order valence-electron chi connectivity index (χ1n) is 9.34. The van der Waals surface area contributed by atoms with Gasteiger partial charge in [-0.25, -0.2) is 4.79 Å². The Bertz CT molecular complexity index is 834. The van der Waals surface area contributed by atoms with Gasteiger partial charge in [-0.1, -0.05) is 6.07 Å². The minimum Gasteiger partial charge on any atom is -0.469 e. The fourth-order valence-corrected chi connectivity index (χ4v) is 3.72. The number of nitrogens with two attached hydrogens (primary N) is 1. The lowest BCUT2D eigenvalue weighted by atomic mass is 10.1. The number of hydrogen-bond acceptors (Lipinski definition) is 6. The van der Waals surface area contributed by atoms with Gasteiger partial charge in [0.1, 0.15) is 6.04 Å². The minimum absolute atomic E-state index is 0.0106. The third-order valence-corrected chi connectivity index (χ3v) is 5.39. The molecule has 3 amide bonds. The van der Waals surface area contributed by atoms with E-state index in [9.17, 15) is 19.2 Å².